The highest BCUT2D eigenvalue weighted by molar-refractivity contribution is 6.34. The minimum atomic E-state index is -0.431. The molecule has 0 radical (unpaired) electrons. The summed E-state index contributed by atoms with van der Waals surface area (Å²) in [6.45, 7) is 6.77. The third kappa shape index (κ3) is 5.98. The first kappa shape index (κ1) is 24.0. The quantitative estimate of drug-likeness (QED) is 0.396. The fourth-order valence-corrected chi connectivity index (χ4v) is 3.24. The standard InChI is InChI=1S/C24H25ClN2O6/c1-4-30-20-12-15(13-21(31-5-2)22(20)32-6-3)23(28)26-16-9-10-18(17(25)14-16)27-24(29)19-8-7-11-33-19/h7-14H,4-6H2,1-3H3,(H,26,28)(H,27,29). The largest absolute Gasteiger partial charge is 0.490 e. The second kappa shape index (κ2) is 11.3. The highest BCUT2D eigenvalue weighted by atomic mass is 35.5. The molecule has 0 unspecified atom stereocenters. The molecule has 0 atom stereocenters. The summed E-state index contributed by atoms with van der Waals surface area (Å²) in [4.78, 5) is 25.1. The van der Waals surface area contributed by atoms with E-state index in [0.29, 0.717) is 54.0 Å². The number of ether oxygens (including phenoxy) is 3. The number of carbonyl (C=O) groups is 2. The molecule has 3 rings (SSSR count). The first-order valence-corrected chi connectivity index (χ1v) is 10.9. The van der Waals surface area contributed by atoms with Gasteiger partial charge in [-0.05, 0) is 63.2 Å². The lowest BCUT2D eigenvalue weighted by molar-refractivity contribution is 0.0994. The summed E-state index contributed by atoms with van der Waals surface area (Å²) < 4.78 is 22.1. The average Bonchev–Trinajstić information content (AvgIpc) is 3.33. The Hall–Kier alpha value is -3.65. The van der Waals surface area contributed by atoms with E-state index in [4.69, 9.17) is 30.2 Å². The van der Waals surface area contributed by atoms with Crippen molar-refractivity contribution < 1.29 is 28.2 Å². The van der Waals surface area contributed by atoms with Gasteiger partial charge in [0.2, 0.25) is 5.75 Å². The zero-order chi connectivity index (χ0) is 23.8. The molecule has 0 aliphatic heterocycles. The van der Waals surface area contributed by atoms with Crippen molar-refractivity contribution in [2.45, 2.75) is 20.8 Å². The third-order valence-electron chi connectivity index (χ3n) is 4.39. The summed E-state index contributed by atoms with van der Waals surface area (Å²) >= 11 is 6.30. The summed E-state index contributed by atoms with van der Waals surface area (Å²) in [7, 11) is 0. The maximum absolute atomic E-state index is 12.9. The normalized spacial score (nSPS) is 10.4. The molecule has 0 bridgehead atoms. The molecule has 33 heavy (non-hydrogen) atoms. The summed E-state index contributed by atoms with van der Waals surface area (Å²) in [6, 6.07) is 11.1. The smallest absolute Gasteiger partial charge is 0.291 e. The van der Waals surface area contributed by atoms with Gasteiger partial charge in [0.05, 0.1) is 36.8 Å². The maximum Gasteiger partial charge on any atom is 0.291 e. The highest BCUT2D eigenvalue weighted by Gasteiger charge is 2.19. The maximum atomic E-state index is 12.9. The minimum Gasteiger partial charge on any atom is -0.490 e. The van der Waals surface area contributed by atoms with Gasteiger partial charge >= 0.3 is 0 Å². The van der Waals surface area contributed by atoms with Crippen LogP contribution in [0.1, 0.15) is 41.7 Å². The van der Waals surface area contributed by atoms with Gasteiger partial charge in [-0.1, -0.05) is 11.6 Å². The van der Waals surface area contributed by atoms with Gasteiger partial charge in [-0.2, -0.15) is 0 Å². The molecule has 0 saturated carbocycles. The fourth-order valence-electron chi connectivity index (χ4n) is 3.01. The molecule has 1 aromatic heterocycles. The Morgan fingerprint density at radius 1 is 0.879 bits per heavy atom. The summed E-state index contributed by atoms with van der Waals surface area (Å²) in [5, 5.41) is 5.71. The third-order valence-corrected chi connectivity index (χ3v) is 4.70. The van der Waals surface area contributed by atoms with Crippen LogP contribution in [0.4, 0.5) is 11.4 Å². The second-order valence-electron chi connectivity index (χ2n) is 6.68. The van der Waals surface area contributed by atoms with Crippen LogP contribution in [0, 0.1) is 0 Å². The Morgan fingerprint density at radius 2 is 1.55 bits per heavy atom. The Balaban J connectivity index is 1.80. The number of halogens is 1. The second-order valence-corrected chi connectivity index (χ2v) is 7.09. The lowest BCUT2D eigenvalue weighted by atomic mass is 10.1. The van der Waals surface area contributed by atoms with E-state index in [9.17, 15) is 9.59 Å². The van der Waals surface area contributed by atoms with Crippen LogP contribution in [-0.2, 0) is 0 Å². The topological polar surface area (TPSA) is 99.0 Å². The van der Waals surface area contributed by atoms with Gasteiger partial charge in [0, 0.05) is 11.3 Å². The number of hydrogen-bond donors (Lipinski definition) is 2. The van der Waals surface area contributed by atoms with Crippen LogP contribution in [0.5, 0.6) is 17.2 Å². The molecule has 3 aromatic rings. The molecule has 8 nitrogen and oxygen atoms in total. The molecule has 2 aromatic carbocycles. The van der Waals surface area contributed by atoms with Crippen LogP contribution >= 0.6 is 11.6 Å². The fraction of sp³-hybridized carbons (Fsp3) is 0.250. The van der Waals surface area contributed by atoms with Crippen molar-refractivity contribution in [3.8, 4) is 17.2 Å². The van der Waals surface area contributed by atoms with E-state index in [1.807, 2.05) is 20.8 Å². The molecule has 0 fully saturated rings. The molecule has 174 valence electrons. The minimum absolute atomic E-state index is 0.161. The van der Waals surface area contributed by atoms with Crippen molar-refractivity contribution >= 4 is 34.8 Å². The van der Waals surface area contributed by atoms with E-state index in [1.165, 1.54) is 6.26 Å². The molecule has 2 N–H and O–H groups in total. The number of hydrogen-bond acceptors (Lipinski definition) is 6. The number of amides is 2. The van der Waals surface area contributed by atoms with E-state index in [1.54, 1.807) is 42.5 Å². The van der Waals surface area contributed by atoms with Crippen molar-refractivity contribution in [3.63, 3.8) is 0 Å². The van der Waals surface area contributed by atoms with E-state index >= 15 is 0 Å². The molecule has 0 spiro atoms. The zero-order valence-corrected chi connectivity index (χ0v) is 19.3. The average molecular weight is 473 g/mol. The number of furan rings is 1. The Morgan fingerprint density at radius 3 is 2.09 bits per heavy atom. The summed E-state index contributed by atoms with van der Waals surface area (Å²) in [5.74, 6) is 0.643. The summed E-state index contributed by atoms with van der Waals surface area (Å²) in [5.41, 5.74) is 1.16. The van der Waals surface area contributed by atoms with Crippen LogP contribution in [0.15, 0.2) is 53.1 Å². The number of anilines is 2. The summed E-state index contributed by atoms with van der Waals surface area (Å²) in [6.07, 6.45) is 1.41. The highest BCUT2D eigenvalue weighted by Crippen LogP contribution is 2.39. The molecule has 0 aliphatic carbocycles. The van der Waals surface area contributed by atoms with Crippen LogP contribution in [-0.4, -0.2) is 31.6 Å². The van der Waals surface area contributed by atoms with Crippen molar-refractivity contribution in [2.75, 3.05) is 30.5 Å². The number of benzene rings is 2. The lowest BCUT2D eigenvalue weighted by Crippen LogP contribution is -2.14. The zero-order valence-electron chi connectivity index (χ0n) is 18.6. The van der Waals surface area contributed by atoms with Crippen molar-refractivity contribution in [1.29, 1.82) is 0 Å². The van der Waals surface area contributed by atoms with Crippen molar-refractivity contribution in [2.24, 2.45) is 0 Å². The predicted molar refractivity (Wildman–Crippen MR) is 126 cm³/mol. The molecule has 1 heterocycles. The monoisotopic (exact) mass is 472 g/mol. The molecule has 9 heteroatoms. The van der Waals surface area contributed by atoms with E-state index in [-0.39, 0.29) is 16.7 Å². The molecule has 0 saturated heterocycles. The Kier molecular flexibility index (Phi) is 8.21. The van der Waals surface area contributed by atoms with Crippen molar-refractivity contribution in [1.82, 2.24) is 0 Å². The Labute approximate surface area is 196 Å². The number of carbonyl (C=O) groups excluding carboxylic acids is 2. The van der Waals surface area contributed by atoms with E-state index in [2.05, 4.69) is 10.6 Å². The van der Waals surface area contributed by atoms with Crippen LogP contribution < -0.4 is 24.8 Å². The molecule has 0 aliphatic rings. The lowest BCUT2D eigenvalue weighted by Gasteiger charge is -2.17. The molecule has 2 amide bonds. The first-order chi connectivity index (χ1) is 16.0. The van der Waals surface area contributed by atoms with Crippen LogP contribution in [0.25, 0.3) is 0 Å². The molecular weight excluding hydrogens is 448 g/mol. The van der Waals surface area contributed by atoms with Gasteiger partial charge in [0.15, 0.2) is 17.3 Å². The number of nitrogens with one attached hydrogen (secondary N) is 2. The van der Waals surface area contributed by atoms with Crippen molar-refractivity contribution in [3.05, 3.63) is 65.1 Å². The molecular formula is C24H25ClN2O6. The van der Waals surface area contributed by atoms with Gasteiger partial charge in [-0.25, -0.2) is 0 Å². The van der Waals surface area contributed by atoms with E-state index < -0.39 is 5.91 Å². The first-order valence-electron chi connectivity index (χ1n) is 10.5. The van der Waals surface area contributed by atoms with Gasteiger partial charge in [0.1, 0.15) is 0 Å². The Bertz CT molecular complexity index is 1090. The van der Waals surface area contributed by atoms with Gasteiger partial charge in [-0.15, -0.1) is 0 Å². The van der Waals surface area contributed by atoms with Gasteiger partial charge in [-0.3, -0.25) is 9.59 Å². The van der Waals surface area contributed by atoms with E-state index in [0.717, 1.165) is 0 Å². The van der Waals surface area contributed by atoms with Gasteiger partial charge in [0.25, 0.3) is 11.8 Å². The van der Waals surface area contributed by atoms with Crippen LogP contribution in [0.2, 0.25) is 5.02 Å². The number of rotatable bonds is 10. The SMILES string of the molecule is CCOc1cc(C(=O)Nc2ccc(NC(=O)c3ccco3)c(Cl)c2)cc(OCC)c1OCC. The predicted octanol–water partition coefficient (Wildman–Crippen LogP) is 5.63. The van der Waals surface area contributed by atoms with Crippen LogP contribution in [0.3, 0.4) is 0 Å². The van der Waals surface area contributed by atoms with Gasteiger partial charge < -0.3 is 29.3 Å².